The minimum atomic E-state index is -0.606. The molecule has 342 valence electrons. The van der Waals surface area contributed by atoms with Crippen molar-refractivity contribution in [3.05, 3.63) is 307 Å². The molecular weight excluding hydrogens is 883 g/mol. The van der Waals surface area contributed by atoms with E-state index in [-0.39, 0.29) is 0 Å². The molecule has 0 amide bonds. The molecule has 1 heterocycles. The molecule has 0 fully saturated rings. The van der Waals surface area contributed by atoms with Gasteiger partial charge in [0.25, 0.3) is 0 Å². The van der Waals surface area contributed by atoms with E-state index >= 15 is 0 Å². The van der Waals surface area contributed by atoms with Gasteiger partial charge < -0.3 is 9.32 Å². The molecule has 1 aliphatic rings. The largest absolute Gasteiger partial charge is 0.455 e. The summed E-state index contributed by atoms with van der Waals surface area (Å²) >= 11 is 0. The standard InChI is InChI=1S/C71H47NO/c1-6-20-48(21-7-1)50-36-38-52(39-37-50)58-32-18-33-64-68(58)61-45-42-53(46-65(61)71(64,54-24-10-3-11-25-54)55-26-12-4-13-27-55)62-47-63-69-66(34-19-35-67(69)73-70(63)60-31-17-16-30-59(60)62)72(56-28-14-5-15-29-56)57-43-40-51(41-44-57)49-22-8-2-9-23-49/h1-47H. The van der Waals surface area contributed by atoms with E-state index in [1.54, 1.807) is 0 Å². The average Bonchev–Trinajstić information content (AvgIpc) is 4.06. The summed E-state index contributed by atoms with van der Waals surface area (Å²) in [7, 11) is 0. The van der Waals surface area contributed by atoms with Gasteiger partial charge >= 0.3 is 0 Å². The highest BCUT2D eigenvalue weighted by molar-refractivity contribution is 6.22. The summed E-state index contributed by atoms with van der Waals surface area (Å²) in [5.74, 6) is 0. The normalized spacial score (nSPS) is 12.5. The molecule has 0 aliphatic heterocycles. The molecule has 73 heavy (non-hydrogen) atoms. The van der Waals surface area contributed by atoms with Crippen molar-refractivity contribution >= 4 is 49.8 Å². The lowest BCUT2D eigenvalue weighted by molar-refractivity contribution is 0.672. The Morgan fingerprint density at radius 2 is 0.808 bits per heavy atom. The predicted octanol–water partition coefficient (Wildman–Crippen LogP) is 19.2. The van der Waals surface area contributed by atoms with Crippen molar-refractivity contribution in [2.75, 3.05) is 4.90 Å². The average molecular weight is 930 g/mol. The lowest BCUT2D eigenvalue weighted by Gasteiger charge is -2.34. The van der Waals surface area contributed by atoms with Gasteiger partial charge in [0, 0.05) is 22.1 Å². The van der Waals surface area contributed by atoms with E-state index < -0.39 is 5.41 Å². The predicted molar refractivity (Wildman–Crippen MR) is 305 cm³/mol. The van der Waals surface area contributed by atoms with Crippen LogP contribution in [-0.4, -0.2) is 0 Å². The van der Waals surface area contributed by atoms with E-state index in [0.29, 0.717) is 0 Å². The van der Waals surface area contributed by atoms with Crippen molar-refractivity contribution in [3.8, 4) is 55.6 Å². The second-order valence-corrected chi connectivity index (χ2v) is 19.1. The van der Waals surface area contributed by atoms with Crippen LogP contribution in [0, 0.1) is 0 Å². The smallest absolute Gasteiger partial charge is 0.143 e. The molecule has 1 aromatic heterocycles. The highest BCUT2D eigenvalue weighted by atomic mass is 16.3. The fourth-order valence-corrected chi connectivity index (χ4v) is 11.9. The third kappa shape index (κ3) is 6.87. The Labute approximate surface area is 425 Å². The van der Waals surface area contributed by atoms with E-state index in [1.807, 2.05) is 0 Å². The quantitative estimate of drug-likeness (QED) is 0.143. The highest BCUT2D eigenvalue weighted by Gasteiger charge is 2.47. The van der Waals surface area contributed by atoms with Gasteiger partial charge in [-0.05, 0) is 132 Å². The van der Waals surface area contributed by atoms with Gasteiger partial charge in [0.05, 0.1) is 16.5 Å². The maximum atomic E-state index is 7.02. The van der Waals surface area contributed by atoms with E-state index in [1.165, 1.54) is 66.8 Å². The number of hydrogen-bond donors (Lipinski definition) is 0. The van der Waals surface area contributed by atoms with Gasteiger partial charge in [-0.1, -0.05) is 237 Å². The van der Waals surface area contributed by atoms with Crippen LogP contribution >= 0.6 is 0 Å². The number of para-hydroxylation sites is 1. The maximum Gasteiger partial charge on any atom is 0.143 e. The minimum Gasteiger partial charge on any atom is -0.455 e. The Hall–Kier alpha value is -9.50. The summed E-state index contributed by atoms with van der Waals surface area (Å²) in [5.41, 5.74) is 21.4. The number of nitrogens with zero attached hydrogens (tertiary/aromatic N) is 1. The monoisotopic (exact) mass is 929 g/mol. The second-order valence-electron chi connectivity index (χ2n) is 19.1. The summed E-state index contributed by atoms with van der Waals surface area (Å²) in [6, 6.07) is 104. The maximum absolute atomic E-state index is 7.02. The highest BCUT2D eigenvalue weighted by Crippen LogP contribution is 2.59. The number of rotatable bonds is 9. The first-order valence-corrected chi connectivity index (χ1v) is 25.2. The molecule has 0 saturated carbocycles. The number of anilines is 3. The first-order chi connectivity index (χ1) is 36.2. The van der Waals surface area contributed by atoms with Crippen molar-refractivity contribution < 1.29 is 4.42 Å². The van der Waals surface area contributed by atoms with Crippen molar-refractivity contribution in [1.82, 2.24) is 0 Å². The van der Waals surface area contributed by atoms with Crippen LogP contribution in [-0.2, 0) is 5.41 Å². The molecule has 0 saturated heterocycles. The Balaban J connectivity index is 0.999. The molecule has 1 aliphatic carbocycles. The Morgan fingerprint density at radius 1 is 0.301 bits per heavy atom. The van der Waals surface area contributed by atoms with Crippen LogP contribution in [0.3, 0.4) is 0 Å². The molecule has 12 aromatic carbocycles. The number of benzene rings is 12. The van der Waals surface area contributed by atoms with Crippen LogP contribution in [0.4, 0.5) is 17.1 Å². The SMILES string of the molecule is c1ccc(-c2ccc(-c3cccc4c3-c3ccc(-c5cc6c(oc7cccc(N(c8ccccc8)c8ccc(-c9ccccc9)cc8)c76)c6ccccc56)cc3C4(c3ccccc3)c3ccccc3)cc2)cc1. The molecule has 0 bridgehead atoms. The first kappa shape index (κ1) is 42.4. The molecule has 0 N–H and O–H groups in total. The van der Waals surface area contributed by atoms with Crippen LogP contribution in [0.25, 0.3) is 88.3 Å². The topological polar surface area (TPSA) is 16.4 Å². The molecular formula is C71H47NO. The summed E-state index contributed by atoms with van der Waals surface area (Å²) in [5, 5.41) is 4.37. The van der Waals surface area contributed by atoms with Gasteiger partial charge in [0.1, 0.15) is 11.2 Å². The molecule has 2 nitrogen and oxygen atoms in total. The van der Waals surface area contributed by atoms with Crippen LogP contribution in [0.1, 0.15) is 22.3 Å². The molecule has 0 unspecified atom stereocenters. The number of hydrogen-bond acceptors (Lipinski definition) is 2. The first-order valence-electron chi connectivity index (χ1n) is 25.2. The van der Waals surface area contributed by atoms with Crippen LogP contribution in [0.15, 0.2) is 290 Å². The van der Waals surface area contributed by atoms with E-state index in [2.05, 4.69) is 290 Å². The van der Waals surface area contributed by atoms with Crippen molar-refractivity contribution in [2.45, 2.75) is 5.41 Å². The van der Waals surface area contributed by atoms with Crippen LogP contribution in [0.2, 0.25) is 0 Å². The van der Waals surface area contributed by atoms with Crippen molar-refractivity contribution in [3.63, 3.8) is 0 Å². The molecule has 0 radical (unpaired) electrons. The van der Waals surface area contributed by atoms with Crippen molar-refractivity contribution in [1.29, 1.82) is 0 Å². The Bertz CT molecular complexity index is 4110. The minimum absolute atomic E-state index is 0.606. The lowest BCUT2D eigenvalue weighted by Crippen LogP contribution is -2.28. The van der Waals surface area contributed by atoms with Gasteiger partial charge in [-0.3, -0.25) is 0 Å². The Morgan fingerprint density at radius 3 is 1.45 bits per heavy atom. The molecule has 0 spiro atoms. The van der Waals surface area contributed by atoms with E-state index in [4.69, 9.17) is 4.42 Å². The Kier molecular flexibility index (Phi) is 10.1. The number of furan rings is 1. The molecule has 0 atom stereocenters. The van der Waals surface area contributed by atoms with Crippen LogP contribution < -0.4 is 4.90 Å². The van der Waals surface area contributed by atoms with Crippen molar-refractivity contribution in [2.24, 2.45) is 0 Å². The number of fused-ring (bicyclic) bond motifs is 8. The van der Waals surface area contributed by atoms with Gasteiger partial charge in [-0.2, -0.15) is 0 Å². The third-order valence-electron chi connectivity index (χ3n) is 15.2. The lowest BCUT2D eigenvalue weighted by atomic mass is 9.67. The van der Waals surface area contributed by atoms with Gasteiger partial charge in [0.15, 0.2) is 0 Å². The molecule has 14 rings (SSSR count). The van der Waals surface area contributed by atoms with Gasteiger partial charge in [-0.15, -0.1) is 0 Å². The summed E-state index contributed by atoms with van der Waals surface area (Å²) in [6.45, 7) is 0. The second kappa shape index (κ2) is 17.4. The summed E-state index contributed by atoms with van der Waals surface area (Å²) in [4.78, 5) is 2.37. The zero-order chi connectivity index (χ0) is 48.3. The summed E-state index contributed by atoms with van der Waals surface area (Å²) < 4.78 is 7.02. The van der Waals surface area contributed by atoms with Crippen LogP contribution in [0.5, 0.6) is 0 Å². The molecule has 13 aromatic rings. The van der Waals surface area contributed by atoms with E-state index in [9.17, 15) is 0 Å². The fourth-order valence-electron chi connectivity index (χ4n) is 11.9. The fraction of sp³-hybridized carbons (Fsp3) is 0.0141. The summed E-state index contributed by atoms with van der Waals surface area (Å²) in [6.07, 6.45) is 0. The zero-order valence-electron chi connectivity index (χ0n) is 40.0. The zero-order valence-corrected chi connectivity index (χ0v) is 40.0. The van der Waals surface area contributed by atoms with Gasteiger partial charge in [0.2, 0.25) is 0 Å². The molecule has 2 heteroatoms. The van der Waals surface area contributed by atoms with Gasteiger partial charge in [-0.25, -0.2) is 0 Å². The van der Waals surface area contributed by atoms with E-state index in [0.717, 1.165) is 60.9 Å². The third-order valence-corrected chi connectivity index (χ3v) is 15.2.